The third-order valence-electron chi connectivity index (χ3n) is 1.49. The van der Waals surface area contributed by atoms with E-state index in [0.717, 1.165) is 6.07 Å². The van der Waals surface area contributed by atoms with Crippen LogP contribution in [0.4, 0.5) is 4.39 Å². The van der Waals surface area contributed by atoms with Crippen molar-refractivity contribution in [1.82, 2.24) is 0 Å². The van der Waals surface area contributed by atoms with Crippen LogP contribution < -0.4 is 0 Å². The molecule has 0 aromatic heterocycles. The number of carboxylic acids is 1. The summed E-state index contributed by atoms with van der Waals surface area (Å²) in [4.78, 5) is 11.3. The molecule has 0 heterocycles. The predicted octanol–water partition coefficient (Wildman–Crippen LogP) is 3.01. The summed E-state index contributed by atoms with van der Waals surface area (Å²) in [6.45, 7) is 0. The van der Waals surface area contributed by atoms with E-state index < -0.39 is 11.8 Å². The van der Waals surface area contributed by atoms with Gasteiger partial charge in [0.1, 0.15) is 11.4 Å². The molecule has 0 aliphatic rings. The highest BCUT2D eigenvalue weighted by Crippen LogP contribution is 2.30. The average Bonchev–Trinajstić information content (AvgIpc) is 2.04. The SMILES string of the molecule is CSc1ccc(F)c(C(=O)O)c1Br. The number of rotatable bonds is 2. The van der Waals surface area contributed by atoms with Crippen molar-refractivity contribution in [3.8, 4) is 0 Å². The highest BCUT2D eigenvalue weighted by atomic mass is 79.9. The first-order valence-corrected chi connectivity index (χ1v) is 5.35. The summed E-state index contributed by atoms with van der Waals surface area (Å²) < 4.78 is 13.3. The fourth-order valence-corrected chi connectivity index (χ4v) is 2.35. The van der Waals surface area contributed by atoms with Crippen molar-refractivity contribution in [2.75, 3.05) is 6.26 Å². The van der Waals surface area contributed by atoms with Gasteiger partial charge in [-0.05, 0) is 34.3 Å². The number of thioether (sulfide) groups is 1. The van der Waals surface area contributed by atoms with Crippen molar-refractivity contribution in [2.24, 2.45) is 0 Å². The van der Waals surface area contributed by atoms with Crippen LogP contribution >= 0.6 is 27.7 Å². The Balaban J connectivity index is 3.38. The fraction of sp³-hybridized carbons (Fsp3) is 0.125. The van der Waals surface area contributed by atoms with Gasteiger partial charge in [0.25, 0.3) is 0 Å². The molecular weight excluding hydrogens is 259 g/mol. The molecule has 2 nitrogen and oxygen atoms in total. The predicted molar refractivity (Wildman–Crippen MR) is 52.8 cm³/mol. The van der Waals surface area contributed by atoms with Gasteiger partial charge in [0, 0.05) is 9.37 Å². The van der Waals surface area contributed by atoms with Crippen LogP contribution in [0.5, 0.6) is 0 Å². The monoisotopic (exact) mass is 264 g/mol. The standard InChI is InChI=1S/C8H6BrFO2S/c1-13-5-3-2-4(10)6(7(5)9)8(11)12/h2-3H,1H3,(H,11,12). The van der Waals surface area contributed by atoms with E-state index in [1.807, 2.05) is 0 Å². The van der Waals surface area contributed by atoms with Gasteiger partial charge in [-0.1, -0.05) is 0 Å². The highest BCUT2D eigenvalue weighted by molar-refractivity contribution is 9.10. The van der Waals surface area contributed by atoms with Crippen molar-refractivity contribution in [2.45, 2.75) is 4.90 Å². The second-order valence-corrected chi connectivity index (χ2v) is 3.88. The first kappa shape index (κ1) is 10.5. The van der Waals surface area contributed by atoms with Crippen LogP contribution in [-0.2, 0) is 0 Å². The van der Waals surface area contributed by atoms with Crippen molar-refractivity contribution in [3.63, 3.8) is 0 Å². The molecular formula is C8H6BrFO2S. The Labute approximate surface area is 87.3 Å². The van der Waals surface area contributed by atoms with Crippen molar-refractivity contribution < 1.29 is 14.3 Å². The van der Waals surface area contributed by atoms with Gasteiger partial charge in [-0.2, -0.15) is 0 Å². The van der Waals surface area contributed by atoms with Gasteiger partial charge >= 0.3 is 5.97 Å². The Hall–Kier alpha value is -0.550. The summed E-state index contributed by atoms with van der Waals surface area (Å²) in [6.07, 6.45) is 1.80. The molecule has 0 spiro atoms. The highest BCUT2D eigenvalue weighted by Gasteiger charge is 2.16. The van der Waals surface area contributed by atoms with Gasteiger partial charge in [0.15, 0.2) is 0 Å². The lowest BCUT2D eigenvalue weighted by Gasteiger charge is -2.04. The van der Waals surface area contributed by atoms with Crippen molar-refractivity contribution in [1.29, 1.82) is 0 Å². The summed E-state index contributed by atoms with van der Waals surface area (Å²) in [6, 6.07) is 2.69. The Morgan fingerprint density at radius 3 is 2.69 bits per heavy atom. The van der Waals surface area contributed by atoms with Gasteiger partial charge in [-0.25, -0.2) is 9.18 Å². The number of benzene rings is 1. The molecule has 0 saturated heterocycles. The molecule has 0 unspecified atom stereocenters. The van der Waals surface area contributed by atoms with E-state index in [-0.39, 0.29) is 5.56 Å². The summed E-state index contributed by atoms with van der Waals surface area (Å²) in [5.74, 6) is -1.99. The number of carbonyl (C=O) groups is 1. The van der Waals surface area contributed by atoms with E-state index >= 15 is 0 Å². The van der Waals surface area contributed by atoms with E-state index in [0.29, 0.717) is 9.37 Å². The summed E-state index contributed by atoms with van der Waals surface area (Å²) in [7, 11) is 0. The molecule has 0 amide bonds. The minimum Gasteiger partial charge on any atom is -0.478 e. The second kappa shape index (κ2) is 4.11. The molecule has 1 aromatic rings. The summed E-state index contributed by atoms with van der Waals surface area (Å²) >= 11 is 4.41. The maximum absolute atomic E-state index is 13.0. The van der Waals surface area contributed by atoms with Crippen LogP contribution in [0.15, 0.2) is 21.5 Å². The number of carboxylic acid groups (broad SMARTS) is 1. The quantitative estimate of drug-likeness (QED) is 0.835. The molecule has 0 fully saturated rings. The molecule has 1 aromatic carbocycles. The molecule has 0 aliphatic carbocycles. The third-order valence-corrected chi connectivity index (χ3v) is 3.36. The van der Waals surface area contributed by atoms with E-state index in [1.54, 1.807) is 6.26 Å². The van der Waals surface area contributed by atoms with Gasteiger partial charge in [-0.3, -0.25) is 0 Å². The largest absolute Gasteiger partial charge is 0.478 e. The van der Waals surface area contributed by atoms with E-state index in [1.165, 1.54) is 17.8 Å². The Bertz CT molecular complexity index is 354. The van der Waals surface area contributed by atoms with Gasteiger partial charge < -0.3 is 5.11 Å². The summed E-state index contributed by atoms with van der Waals surface area (Å²) in [5, 5.41) is 8.69. The molecule has 0 atom stereocenters. The maximum Gasteiger partial charge on any atom is 0.339 e. The van der Waals surface area contributed by atoms with E-state index in [2.05, 4.69) is 15.9 Å². The van der Waals surface area contributed by atoms with Crippen LogP contribution in [-0.4, -0.2) is 17.3 Å². The molecule has 13 heavy (non-hydrogen) atoms. The lowest BCUT2D eigenvalue weighted by atomic mass is 10.2. The minimum absolute atomic E-state index is 0.299. The van der Waals surface area contributed by atoms with Crippen LogP contribution in [0.25, 0.3) is 0 Å². The molecule has 1 rings (SSSR count). The number of aromatic carboxylic acids is 1. The zero-order valence-electron chi connectivity index (χ0n) is 6.67. The van der Waals surface area contributed by atoms with Crippen LogP contribution in [0.1, 0.15) is 10.4 Å². The van der Waals surface area contributed by atoms with Gasteiger partial charge in [-0.15, -0.1) is 11.8 Å². The van der Waals surface area contributed by atoms with Crippen LogP contribution in [0, 0.1) is 5.82 Å². The van der Waals surface area contributed by atoms with Crippen molar-refractivity contribution >= 4 is 33.7 Å². The minimum atomic E-state index is -1.26. The lowest BCUT2D eigenvalue weighted by molar-refractivity contribution is 0.0690. The average molecular weight is 265 g/mol. The molecule has 1 N–H and O–H groups in total. The van der Waals surface area contributed by atoms with E-state index in [4.69, 9.17) is 5.11 Å². The normalized spacial score (nSPS) is 10.1. The second-order valence-electron chi connectivity index (χ2n) is 2.24. The Morgan fingerprint density at radius 2 is 2.23 bits per heavy atom. The van der Waals surface area contributed by atoms with Gasteiger partial charge in [0.2, 0.25) is 0 Å². The molecule has 0 bridgehead atoms. The van der Waals surface area contributed by atoms with E-state index in [9.17, 15) is 9.18 Å². The molecule has 0 saturated carbocycles. The van der Waals surface area contributed by atoms with Crippen molar-refractivity contribution in [3.05, 3.63) is 28.0 Å². The summed E-state index contributed by atoms with van der Waals surface area (Å²) in [5.41, 5.74) is -0.313. The van der Waals surface area contributed by atoms with Gasteiger partial charge in [0.05, 0.1) is 0 Å². The topological polar surface area (TPSA) is 37.3 Å². The molecule has 70 valence electrons. The van der Waals surface area contributed by atoms with Crippen LogP contribution in [0.3, 0.4) is 0 Å². The molecule has 0 aliphatic heterocycles. The number of hydrogen-bond acceptors (Lipinski definition) is 2. The molecule has 0 radical (unpaired) electrons. The Morgan fingerprint density at radius 1 is 1.62 bits per heavy atom. The zero-order chi connectivity index (χ0) is 10.0. The lowest BCUT2D eigenvalue weighted by Crippen LogP contribution is -2.02. The third kappa shape index (κ3) is 2.03. The Kier molecular flexibility index (Phi) is 3.33. The smallest absolute Gasteiger partial charge is 0.339 e. The maximum atomic E-state index is 13.0. The fourth-order valence-electron chi connectivity index (χ4n) is 0.887. The number of halogens is 2. The first-order valence-electron chi connectivity index (χ1n) is 3.33. The van der Waals surface area contributed by atoms with Crippen LogP contribution in [0.2, 0.25) is 0 Å². The number of hydrogen-bond donors (Lipinski definition) is 1. The first-order chi connectivity index (χ1) is 6.07. The zero-order valence-corrected chi connectivity index (χ0v) is 9.08. The molecule has 5 heteroatoms.